The molecule has 1 aliphatic carbocycles. The predicted molar refractivity (Wildman–Crippen MR) is 158 cm³/mol. The lowest BCUT2D eigenvalue weighted by atomic mass is 9.75. The third-order valence-corrected chi connectivity index (χ3v) is 9.88. The second-order valence-corrected chi connectivity index (χ2v) is 12.4. The van der Waals surface area contributed by atoms with Gasteiger partial charge in [-0.1, -0.05) is 67.4 Å². The van der Waals surface area contributed by atoms with Crippen LogP contribution >= 0.6 is 0 Å². The molecule has 1 saturated carbocycles. The Hall–Kier alpha value is -4.23. The van der Waals surface area contributed by atoms with E-state index >= 15 is 0 Å². The molecule has 1 heterocycles. The molecule has 7 heteroatoms. The molecular formula is C34H31NO5S. The van der Waals surface area contributed by atoms with Gasteiger partial charge in [0.1, 0.15) is 0 Å². The molecule has 0 saturated heterocycles. The van der Waals surface area contributed by atoms with E-state index in [4.69, 9.17) is 14.5 Å². The summed E-state index contributed by atoms with van der Waals surface area (Å²) in [5.74, 6) is 1.48. The lowest BCUT2D eigenvalue weighted by Crippen LogP contribution is -2.29. The van der Waals surface area contributed by atoms with Crippen LogP contribution in [0.25, 0.3) is 0 Å². The normalized spacial score (nSPS) is 18.0. The van der Waals surface area contributed by atoms with Gasteiger partial charge in [-0.15, -0.1) is 0 Å². The first-order valence-electron chi connectivity index (χ1n) is 13.8. The summed E-state index contributed by atoms with van der Waals surface area (Å²) in [7, 11) is -0.446. The Labute approximate surface area is 240 Å². The molecular weight excluding hydrogens is 534 g/mol. The Morgan fingerprint density at radius 3 is 2.17 bits per heavy atom. The highest BCUT2D eigenvalue weighted by molar-refractivity contribution is 7.91. The molecule has 2 unspecified atom stereocenters. The van der Waals surface area contributed by atoms with Gasteiger partial charge < -0.3 is 9.47 Å². The molecule has 6 rings (SSSR count). The van der Waals surface area contributed by atoms with Crippen LogP contribution < -0.4 is 9.47 Å². The number of methoxy groups -OCH3 is 2. The molecule has 2 aliphatic rings. The fraction of sp³-hybridized carbons (Fsp3) is 0.235. The maximum Gasteiger partial charge on any atom is 0.206 e. The molecule has 2 atom stereocenters. The maximum atomic E-state index is 13.4. The first-order chi connectivity index (χ1) is 19.9. The molecule has 0 aromatic heterocycles. The van der Waals surface area contributed by atoms with Crippen molar-refractivity contribution in [2.45, 2.75) is 47.4 Å². The number of ether oxygens (including phenoxy) is 2. The van der Waals surface area contributed by atoms with Gasteiger partial charge in [-0.05, 0) is 54.8 Å². The third-order valence-electron chi connectivity index (χ3n) is 8.12. The molecule has 4 aromatic rings. The number of ketones is 1. The van der Waals surface area contributed by atoms with Crippen LogP contribution in [0.3, 0.4) is 0 Å². The summed E-state index contributed by atoms with van der Waals surface area (Å²) in [6, 6.07) is 26.2. The fourth-order valence-electron chi connectivity index (χ4n) is 5.99. The minimum atomic E-state index is -3.73. The number of fused-ring (bicyclic) bond motifs is 3. The van der Waals surface area contributed by atoms with Gasteiger partial charge in [0.25, 0.3) is 0 Å². The van der Waals surface area contributed by atoms with Crippen molar-refractivity contribution in [1.29, 1.82) is 0 Å². The van der Waals surface area contributed by atoms with E-state index in [2.05, 4.69) is 6.07 Å². The fourth-order valence-corrected chi connectivity index (χ4v) is 7.31. The molecule has 4 aromatic carbocycles. The molecule has 1 fully saturated rings. The Morgan fingerprint density at radius 1 is 0.756 bits per heavy atom. The van der Waals surface area contributed by atoms with Crippen LogP contribution in [0, 0.1) is 0 Å². The summed E-state index contributed by atoms with van der Waals surface area (Å²) >= 11 is 0. The second-order valence-electron chi connectivity index (χ2n) is 10.5. The smallest absolute Gasteiger partial charge is 0.206 e. The number of carbonyl (C=O) groups excluding carboxylic acids is 1. The summed E-state index contributed by atoms with van der Waals surface area (Å²) < 4.78 is 37.5. The molecule has 41 heavy (non-hydrogen) atoms. The predicted octanol–water partition coefficient (Wildman–Crippen LogP) is 6.64. The van der Waals surface area contributed by atoms with Gasteiger partial charge in [-0.2, -0.15) is 0 Å². The highest BCUT2D eigenvalue weighted by Gasteiger charge is 2.34. The van der Waals surface area contributed by atoms with Crippen molar-refractivity contribution < 1.29 is 22.7 Å². The van der Waals surface area contributed by atoms with Crippen LogP contribution in [0.15, 0.2) is 106 Å². The monoisotopic (exact) mass is 565 g/mol. The molecule has 0 spiro atoms. The maximum absolute atomic E-state index is 13.4. The van der Waals surface area contributed by atoms with Crippen LogP contribution in [-0.2, 0) is 9.84 Å². The molecule has 208 valence electrons. The van der Waals surface area contributed by atoms with Crippen LogP contribution in [0.5, 0.6) is 11.5 Å². The van der Waals surface area contributed by atoms with Gasteiger partial charge >= 0.3 is 0 Å². The number of sulfone groups is 1. The number of hydrogen-bond acceptors (Lipinski definition) is 6. The first-order valence-corrected chi connectivity index (χ1v) is 15.3. The highest BCUT2D eigenvalue weighted by atomic mass is 32.2. The number of rotatable bonds is 7. The number of carbonyl (C=O) groups is 1. The minimum absolute atomic E-state index is 0.0887. The van der Waals surface area contributed by atoms with E-state index in [1.54, 1.807) is 68.8 Å². The summed E-state index contributed by atoms with van der Waals surface area (Å²) in [5, 5.41) is 0. The summed E-state index contributed by atoms with van der Waals surface area (Å²) in [6.07, 6.45) is 4.48. The van der Waals surface area contributed by atoms with Crippen LogP contribution in [-0.4, -0.2) is 40.2 Å². The molecule has 1 aliphatic heterocycles. The highest BCUT2D eigenvalue weighted by Crippen LogP contribution is 2.44. The van der Waals surface area contributed by atoms with Gasteiger partial charge in [0.2, 0.25) is 9.84 Å². The van der Waals surface area contributed by atoms with E-state index in [1.165, 1.54) is 24.1 Å². The largest absolute Gasteiger partial charge is 0.493 e. The second kappa shape index (κ2) is 11.0. The zero-order valence-electron chi connectivity index (χ0n) is 23.0. The Bertz CT molecular complexity index is 1740. The standard InChI is InChI=1S/C34H31NO5S/c1-39-31-20-28-27-13-6-7-14-30(27)35-33(29(28)21-32(31)40-2)22-15-17-23(18-16-22)34(36)24-9-8-12-26(19-24)41(37,38)25-10-4-3-5-11-25/h3-5,8-12,15-21,27,30H,6-7,13-14H2,1-2H3. The minimum Gasteiger partial charge on any atom is -0.493 e. The van der Waals surface area contributed by atoms with Gasteiger partial charge in [-0.25, -0.2) is 8.42 Å². The van der Waals surface area contributed by atoms with Gasteiger partial charge in [-0.3, -0.25) is 9.79 Å². The van der Waals surface area contributed by atoms with E-state index in [1.807, 2.05) is 18.2 Å². The van der Waals surface area contributed by atoms with E-state index in [9.17, 15) is 13.2 Å². The Morgan fingerprint density at radius 2 is 1.44 bits per heavy atom. The van der Waals surface area contributed by atoms with Crippen molar-refractivity contribution in [3.05, 3.63) is 119 Å². The van der Waals surface area contributed by atoms with Crippen molar-refractivity contribution in [3.8, 4) is 11.5 Å². The Balaban J connectivity index is 1.33. The zero-order valence-corrected chi connectivity index (χ0v) is 23.9. The van der Waals surface area contributed by atoms with Crippen LogP contribution in [0.2, 0.25) is 0 Å². The summed E-state index contributed by atoms with van der Waals surface area (Å²) in [4.78, 5) is 18.9. The van der Waals surface area contributed by atoms with Crippen molar-refractivity contribution in [2.24, 2.45) is 4.99 Å². The lowest BCUT2D eigenvalue weighted by molar-refractivity contribution is 0.103. The topological polar surface area (TPSA) is 82.0 Å². The number of aliphatic imine (C=N–C) groups is 1. The first kappa shape index (κ1) is 27.0. The van der Waals surface area contributed by atoms with Crippen molar-refractivity contribution in [2.75, 3.05) is 14.2 Å². The van der Waals surface area contributed by atoms with Crippen molar-refractivity contribution in [3.63, 3.8) is 0 Å². The van der Waals surface area contributed by atoms with Crippen molar-refractivity contribution >= 4 is 21.3 Å². The van der Waals surface area contributed by atoms with E-state index in [0.29, 0.717) is 28.5 Å². The van der Waals surface area contributed by atoms with E-state index in [-0.39, 0.29) is 21.6 Å². The molecule has 0 N–H and O–H groups in total. The molecule has 0 radical (unpaired) electrons. The zero-order chi connectivity index (χ0) is 28.6. The third kappa shape index (κ3) is 4.95. The van der Waals surface area contributed by atoms with E-state index < -0.39 is 9.84 Å². The molecule has 6 nitrogen and oxygen atoms in total. The number of nitrogens with zero attached hydrogens (tertiary/aromatic N) is 1. The van der Waals surface area contributed by atoms with Gasteiger partial charge in [0.15, 0.2) is 17.3 Å². The van der Waals surface area contributed by atoms with E-state index in [0.717, 1.165) is 36.1 Å². The Kier molecular flexibility index (Phi) is 7.22. The SMILES string of the molecule is COc1cc2c(cc1OC)C1CCCCC1N=C2c1ccc(C(=O)c2cccc(S(=O)(=O)c3ccccc3)c2)cc1. The summed E-state index contributed by atoms with van der Waals surface area (Å²) in [6.45, 7) is 0. The molecule has 0 bridgehead atoms. The average molecular weight is 566 g/mol. The van der Waals surface area contributed by atoms with Crippen molar-refractivity contribution in [1.82, 2.24) is 0 Å². The number of benzene rings is 4. The van der Waals surface area contributed by atoms with Crippen LogP contribution in [0.1, 0.15) is 64.2 Å². The molecule has 0 amide bonds. The van der Waals surface area contributed by atoms with Gasteiger partial charge in [0.05, 0.1) is 35.8 Å². The quantitative estimate of drug-likeness (QED) is 0.235. The summed E-state index contributed by atoms with van der Waals surface area (Å²) in [5.41, 5.74) is 4.86. The van der Waals surface area contributed by atoms with Gasteiger partial charge in [0, 0.05) is 28.2 Å². The average Bonchev–Trinajstić information content (AvgIpc) is 3.03. The lowest BCUT2D eigenvalue weighted by Gasteiger charge is -2.35. The van der Waals surface area contributed by atoms with Crippen LogP contribution in [0.4, 0.5) is 0 Å². The number of hydrogen-bond donors (Lipinski definition) is 0.